The number of aliphatic hydroxyl groups is 1. The van der Waals surface area contributed by atoms with Crippen LogP contribution in [0.2, 0.25) is 0 Å². The number of amidine groups is 1. The van der Waals surface area contributed by atoms with E-state index in [2.05, 4.69) is 53.7 Å². The number of hydrogen-bond acceptors (Lipinski definition) is 17. The predicted octanol–water partition coefficient (Wildman–Crippen LogP) is 13.8. The van der Waals surface area contributed by atoms with Gasteiger partial charge in [0.15, 0.2) is 35.0 Å². The molecule has 1 aliphatic carbocycles. The molecule has 0 bridgehead atoms. The Morgan fingerprint density at radius 3 is 2.05 bits per heavy atom. The molecule has 112 heavy (non-hydrogen) atoms. The predicted molar refractivity (Wildman–Crippen MR) is 424 cm³/mol. The van der Waals surface area contributed by atoms with Crippen LogP contribution in [-0.2, 0) is 61.1 Å². The molecule has 1 saturated carbocycles. The summed E-state index contributed by atoms with van der Waals surface area (Å²) in [6, 6.07) is 36.2. The molecule has 24 heteroatoms. The van der Waals surface area contributed by atoms with Crippen molar-refractivity contribution in [1.82, 2.24) is 30.1 Å². The number of anilines is 2. The van der Waals surface area contributed by atoms with Crippen LogP contribution in [0.5, 0.6) is 23.0 Å². The summed E-state index contributed by atoms with van der Waals surface area (Å²) in [5, 5.41) is 31.7. The number of aromatic nitrogens is 3. The average Bonchev–Trinajstić information content (AvgIpc) is 1.56. The summed E-state index contributed by atoms with van der Waals surface area (Å²) in [7, 11) is 3.04. The number of aliphatic hydroxyl groups excluding tert-OH is 1. The molecule has 6 heterocycles. The van der Waals surface area contributed by atoms with E-state index in [1.807, 2.05) is 77.3 Å². The van der Waals surface area contributed by atoms with Gasteiger partial charge in [-0.05, 0) is 173 Å². The molecule has 2 fully saturated rings. The van der Waals surface area contributed by atoms with Gasteiger partial charge in [-0.3, -0.25) is 39.0 Å². The highest BCUT2D eigenvalue weighted by Gasteiger charge is 2.58. The Balaban J connectivity index is 0.546. The van der Waals surface area contributed by atoms with Crippen LogP contribution in [0.1, 0.15) is 203 Å². The van der Waals surface area contributed by atoms with E-state index in [0.717, 1.165) is 75.2 Å². The lowest BCUT2D eigenvalue weighted by Crippen LogP contribution is -2.50. The molecule has 1 unspecified atom stereocenters. The van der Waals surface area contributed by atoms with Crippen LogP contribution in [0.25, 0.3) is 28.1 Å². The quantitative estimate of drug-likeness (QED) is 0.0165. The van der Waals surface area contributed by atoms with Gasteiger partial charge in [0.1, 0.15) is 23.9 Å². The number of aryl methyl sites for hydroxylation is 2. The molecule has 0 radical (unpaired) electrons. The van der Waals surface area contributed by atoms with E-state index in [-0.39, 0.29) is 139 Å². The standard InChI is InChI=1S/C88H102N10O14/c1-7-59(44-66(100)20-11-8-10-19-65(99)35-37-80(102)95-50-62-18-12-13-21-67(62)82-81(92-93-98(82)54(2)3)68-22-14-15-23-71(68)95)83(103)91-55(4)74(101)42-57-24-26-58(27-25-57)52-112-87(107)97-72-48-78(76(109-6)47-70(72)85(105)96-53-88(38-39-88)49-73(96)86(97)106)111-41-17-9-16-40-110-77-45-61-33-34-64-43-63(51-94(64)84(104)69(61)46-75(77)108-5)60-31-28-56(29-32-60)30-36-79(89)90/h12-15,18,21-29,31-32,45-48,51,54-55,59,64,73,86,106H,7-11,16-17,19-20,30,33-44,49-50,52-53H2,1-6H3,(H3,89,90)(H,91,103)/t55-,59+,64+,73-,86?/m0/s1. The number of ketones is 3. The minimum atomic E-state index is -1.45. The van der Waals surface area contributed by atoms with Gasteiger partial charge in [-0.15, -0.1) is 5.10 Å². The number of methoxy groups -OCH3 is 2. The number of nitrogens with two attached hydrogens (primary N) is 1. The first-order valence-corrected chi connectivity index (χ1v) is 39.6. The highest BCUT2D eigenvalue weighted by atomic mass is 16.6. The first-order valence-electron chi connectivity index (χ1n) is 39.6. The monoisotopic (exact) mass is 1520 g/mol. The number of benzene rings is 6. The van der Waals surface area contributed by atoms with Crippen LogP contribution in [0.3, 0.4) is 0 Å². The molecule has 5 amide bonds. The Bertz CT molecular complexity index is 4740. The molecular formula is C88H102N10O14. The third kappa shape index (κ3) is 17.8. The summed E-state index contributed by atoms with van der Waals surface area (Å²) in [5.74, 6) is -0.175. The van der Waals surface area contributed by atoms with Crippen LogP contribution >= 0.6 is 0 Å². The van der Waals surface area contributed by atoms with Crippen molar-refractivity contribution in [1.29, 1.82) is 5.41 Å². The number of fused-ring (bicyclic) bond motifs is 9. The SMILES string of the molecule is CC[C@H](CC(=O)CCCCCC(=O)CCC(=O)N1Cc2ccccc2-c2c(nnn2C(C)C)-c2ccccc21)C(=O)N[C@@H](C)C(=O)Cc1ccc(COC(=O)N2c3cc(OCCCCCOc4cc5c(cc4OC)C(=O)N4C=C(c6ccc(CCC(=N)N)cc6)C[C@H]4CC5)c(OC)cc3C(=O)N3CC4(CC4)C[C@H]3C2O)cc1. The van der Waals surface area contributed by atoms with Crippen molar-refractivity contribution in [3.8, 4) is 45.5 Å². The van der Waals surface area contributed by atoms with Gasteiger partial charge in [-0.25, -0.2) is 14.4 Å². The zero-order valence-corrected chi connectivity index (χ0v) is 64.9. The Hall–Kier alpha value is -11.0. The Labute approximate surface area is 653 Å². The molecule has 1 spiro atoms. The normalized spacial score (nSPS) is 17.5. The molecule has 13 rings (SSSR count). The van der Waals surface area contributed by atoms with Gasteiger partial charge in [0.05, 0.1) is 74.5 Å². The Morgan fingerprint density at radius 1 is 0.696 bits per heavy atom. The fourth-order valence-corrected chi connectivity index (χ4v) is 16.2. The summed E-state index contributed by atoms with van der Waals surface area (Å²) in [6.45, 7) is 8.77. The summed E-state index contributed by atoms with van der Waals surface area (Å²) in [5.41, 5.74) is 16.8. The number of ether oxygens (including phenoxy) is 5. The minimum Gasteiger partial charge on any atom is -0.493 e. The van der Waals surface area contributed by atoms with Crippen LogP contribution in [0, 0.1) is 16.7 Å². The number of hydrogen-bond donors (Lipinski definition) is 4. The molecule has 588 valence electrons. The van der Waals surface area contributed by atoms with Crippen LogP contribution in [-0.4, -0.2) is 141 Å². The van der Waals surface area contributed by atoms with Crippen LogP contribution in [0.4, 0.5) is 16.2 Å². The molecule has 5 N–H and O–H groups in total. The van der Waals surface area contributed by atoms with Crippen molar-refractivity contribution in [3.05, 3.63) is 172 Å². The number of Topliss-reactive ketones (excluding diaryl/α,β-unsaturated/α-hetero) is 3. The lowest BCUT2D eigenvalue weighted by molar-refractivity contribution is -0.132. The molecule has 24 nitrogen and oxygen atoms in total. The van der Waals surface area contributed by atoms with E-state index in [1.54, 1.807) is 66.3 Å². The molecule has 5 aliphatic heterocycles. The van der Waals surface area contributed by atoms with Gasteiger partial charge in [0, 0.05) is 98.4 Å². The number of nitrogens with zero attached hydrogens (tertiary/aromatic N) is 7. The van der Waals surface area contributed by atoms with Crippen LogP contribution in [0.15, 0.2) is 128 Å². The number of para-hydroxylation sites is 1. The molecular weight excluding hydrogens is 1420 g/mol. The number of rotatable bonds is 34. The van der Waals surface area contributed by atoms with Crippen molar-refractivity contribution in [2.24, 2.45) is 17.1 Å². The maximum atomic E-state index is 14.5. The number of carbonyl (C=O) groups excluding carboxylic acids is 8. The summed E-state index contributed by atoms with van der Waals surface area (Å²) in [6.07, 6.45) is 10.3. The van der Waals surface area contributed by atoms with Gasteiger partial charge in [-0.1, -0.05) is 110 Å². The van der Waals surface area contributed by atoms with E-state index < -0.39 is 30.3 Å². The van der Waals surface area contributed by atoms with Crippen LogP contribution < -0.4 is 39.8 Å². The van der Waals surface area contributed by atoms with Crippen molar-refractivity contribution in [2.45, 2.75) is 206 Å². The Morgan fingerprint density at radius 2 is 1.36 bits per heavy atom. The largest absolute Gasteiger partial charge is 0.493 e. The molecule has 6 aromatic carbocycles. The first-order chi connectivity index (χ1) is 54.1. The summed E-state index contributed by atoms with van der Waals surface area (Å²) < 4.78 is 32.1. The van der Waals surface area contributed by atoms with Crippen molar-refractivity contribution in [3.63, 3.8) is 0 Å². The van der Waals surface area contributed by atoms with Gasteiger partial charge >= 0.3 is 6.09 Å². The van der Waals surface area contributed by atoms with E-state index in [9.17, 15) is 43.5 Å². The van der Waals surface area contributed by atoms with E-state index >= 15 is 0 Å². The molecule has 5 atom stereocenters. The van der Waals surface area contributed by atoms with Gasteiger partial charge < -0.3 is 54.5 Å². The zero-order chi connectivity index (χ0) is 78.9. The van der Waals surface area contributed by atoms with Gasteiger partial charge in [0.25, 0.3) is 11.8 Å². The zero-order valence-electron chi connectivity index (χ0n) is 64.9. The minimum absolute atomic E-state index is 0.00370. The number of unbranched alkanes of at least 4 members (excludes halogenated alkanes) is 4. The fourth-order valence-electron chi connectivity index (χ4n) is 16.2. The van der Waals surface area contributed by atoms with E-state index in [4.69, 9.17) is 34.8 Å². The number of amides is 5. The van der Waals surface area contributed by atoms with Gasteiger partial charge in [-0.2, -0.15) is 0 Å². The maximum Gasteiger partial charge on any atom is 0.416 e. The number of carbonyl (C=O) groups is 8. The van der Waals surface area contributed by atoms with E-state index in [0.29, 0.717) is 130 Å². The summed E-state index contributed by atoms with van der Waals surface area (Å²) in [4.78, 5) is 117. The second-order valence-electron chi connectivity index (χ2n) is 31.1. The van der Waals surface area contributed by atoms with Crippen molar-refractivity contribution < 1.29 is 67.1 Å². The second kappa shape index (κ2) is 35.1. The maximum absolute atomic E-state index is 14.5. The van der Waals surface area contributed by atoms with Gasteiger partial charge in [0.2, 0.25) is 11.8 Å². The third-order valence-corrected chi connectivity index (χ3v) is 22.9. The Kier molecular flexibility index (Phi) is 24.8. The van der Waals surface area contributed by atoms with Crippen molar-refractivity contribution >= 4 is 69.9 Å². The highest BCUT2D eigenvalue weighted by Crippen LogP contribution is 2.57. The highest BCUT2D eigenvalue weighted by molar-refractivity contribution is 6.07. The number of nitrogens with one attached hydrogen (secondary N) is 2. The summed E-state index contributed by atoms with van der Waals surface area (Å²) >= 11 is 0. The molecule has 6 aliphatic rings. The topological polar surface area (TPSA) is 309 Å². The average molecular weight is 1520 g/mol. The smallest absolute Gasteiger partial charge is 0.416 e. The molecule has 7 aromatic rings. The lowest BCUT2D eigenvalue weighted by Gasteiger charge is -2.31. The third-order valence-electron chi connectivity index (χ3n) is 22.9. The fraction of sp³-hybridized carbons (Fsp3) is 0.443. The lowest BCUT2D eigenvalue weighted by atomic mass is 9.94. The second-order valence-corrected chi connectivity index (χ2v) is 31.1. The van der Waals surface area contributed by atoms with E-state index in [1.165, 1.54) is 7.11 Å². The molecule has 1 saturated heterocycles. The molecule has 1 aromatic heterocycles. The van der Waals surface area contributed by atoms with Crippen molar-refractivity contribution in [2.75, 3.05) is 43.8 Å². The first kappa shape index (κ1) is 79.1.